The Labute approximate surface area is 155 Å². The maximum atomic E-state index is 12.6. The average molecular weight is 360 g/mol. The molecule has 1 atom stereocenters. The SMILES string of the molecule is CCN(C(=O)CCc1cccc(Cl)c1)C(C)Cc1ccc(OC)cc1. The van der Waals surface area contributed by atoms with Crippen LogP contribution in [0.1, 0.15) is 31.4 Å². The van der Waals surface area contributed by atoms with E-state index in [1.165, 1.54) is 5.56 Å². The van der Waals surface area contributed by atoms with Crippen LogP contribution in [0, 0.1) is 0 Å². The topological polar surface area (TPSA) is 29.5 Å². The number of amides is 1. The molecule has 3 nitrogen and oxygen atoms in total. The number of methoxy groups -OCH3 is 1. The molecule has 134 valence electrons. The van der Waals surface area contributed by atoms with Crippen molar-refractivity contribution in [3.05, 3.63) is 64.7 Å². The number of ether oxygens (including phenoxy) is 1. The first-order valence-corrected chi connectivity index (χ1v) is 9.08. The second-order valence-corrected chi connectivity index (χ2v) is 6.65. The summed E-state index contributed by atoms with van der Waals surface area (Å²) >= 11 is 6.01. The molecule has 0 spiro atoms. The van der Waals surface area contributed by atoms with Crippen LogP contribution in [0.5, 0.6) is 5.75 Å². The zero-order valence-corrected chi connectivity index (χ0v) is 15.9. The Kier molecular flexibility index (Phi) is 7.32. The summed E-state index contributed by atoms with van der Waals surface area (Å²) in [6.07, 6.45) is 2.05. The van der Waals surface area contributed by atoms with Gasteiger partial charge in [0.25, 0.3) is 0 Å². The molecule has 0 aliphatic carbocycles. The van der Waals surface area contributed by atoms with E-state index >= 15 is 0 Å². The molecule has 0 saturated carbocycles. The number of hydrogen-bond acceptors (Lipinski definition) is 2. The molecule has 4 heteroatoms. The third-order valence-corrected chi connectivity index (χ3v) is 4.63. The van der Waals surface area contributed by atoms with Gasteiger partial charge in [0.05, 0.1) is 7.11 Å². The van der Waals surface area contributed by atoms with Gasteiger partial charge in [-0.1, -0.05) is 35.9 Å². The van der Waals surface area contributed by atoms with Gasteiger partial charge < -0.3 is 9.64 Å². The molecule has 0 saturated heterocycles. The highest BCUT2D eigenvalue weighted by molar-refractivity contribution is 6.30. The molecule has 0 fully saturated rings. The molecule has 1 unspecified atom stereocenters. The molecule has 0 heterocycles. The highest BCUT2D eigenvalue weighted by atomic mass is 35.5. The van der Waals surface area contributed by atoms with Gasteiger partial charge >= 0.3 is 0 Å². The summed E-state index contributed by atoms with van der Waals surface area (Å²) in [5.41, 5.74) is 2.30. The number of aryl methyl sites for hydroxylation is 1. The largest absolute Gasteiger partial charge is 0.497 e. The van der Waals surface area contributed by atoms with Crippen molar-refractivity contribution in [3.8, 4) is 5.75 Å². The lowest BCUT2D eigenvalue weighted by molar-refractivity contribution is -0.132. The summed E-state index contributed by atoms with van der Waals surface area (Å²) in [4.78, 5) is 14.6. The molecule has 2 aromatic carbocycles. The van der Waals surface area contributed by atoms with Gasteiger partial charge in [0.2, 0.25) is 5.91 Å². The van der Waals surface area contributed by atoms with Crippen molar-refractivity contribution in [3.63, 3.8) is 0 Å². The minimum absolute atomic E-state index is 0.158. The molecule has 2 rings (SSSR count). The summed E-state index contributed by atoms with van der Waals surface area (Å²) in [6.45, 7) is 4.85. The molecule has 0 aromatic heterocycles. The number of hydrogen-bond donors (Lipinski definition) is 0. The Morgan fingerprint density at radius 3 is 2.48 bits per heavy atom. The Hall–Kier alpha value is -2.00. The Morgan fingerprint density at radius 1 is 1.16 bits per heavy atom. The first-order chi connectivity index (χ1) is 12.0. The summed E-state index contributed by atoms with van der Waals surface area (Å²) in [5, 5.41) is 0.713. The average Bonchev–Trinajstić information content (AvgIpc) is 2.61. The van der Waals surface area contributed by atoms with Gasteiger partial charge in [0.15, 0.2) is 0 Å². The van der Waals surface area contributed by atoms with Gasteiger partial charge in [-0.3, -0.25) is 4.79 Å². The predicted octanol–water partition coefficient (Wildman–Crippen LogP) is 4.76. The molecule has 25 heavy (non-hydrogen) atoms. The van der Waals surface area contributed by atoms with Crippen molar-refractivity contribution >= 4 is 17.5 Å². The first kappa shape index (κ1) is 19.3. The first-order valence-electron chi connectivity index (χ1n) is 8.70. The normalized spacial score (nSPS) is 11.8. The Morgan fingerprint density at radius 2 is 1.88 bits per heavy atom. The van der Waals surface area contributed by atoms with E-state index < -0.39 is 0 Å². The van der Waals surface area contributed by atoms with Crippen LogP contribution in [0.3, 0.4) is 0 Å². The maximum Gasteiger partial charge on any atom is 0.223 e. The van der Waals surface area contributed by atoms with Gasteiger partial charge in [-0.15, -0.1) is 0 Å². The minimum Gasteiger partial charge on any atom is -0.497 e. The highest BCUT2D eigenvalue weighted by Crippen LogP contribution is 2.16. The Bertz CT molecular complexity index is 685. The lowest BCUT2D eigenvalue weighted by Gasteiger charge is -2.28. The second kappa shape index (κ2) is 9.47. The number of likely N-dealkylation sites (N-methyl/N-ethyl adjacent to an activating group) is 1. The van der Waals surface area contributed by atoms with Crippen LogP contribution >= 0.6 is 11.6 Å². The highest BCUT2D eigenvalue weighted by Gasteiger charge is 2.18. The van der Waals surface area contributed by atoms with E-state index in [-0.39, 0.29) is 11.9 Å². The van der Waals surface area contributed by atoms with Crippen LogP contribution < -0.4 is 4.74 Å². The van der Waals surface area contributed by atoms with Crippen LogP contribution in [0.15, 0.2) is 48.5 Å². The number of carbonyl (C=O) groups is 1. The zero-order valence-electron chi connectivity index (χ0n) is 15.2. The monoisotopic (exact) mass is 359 g/mol. The summed E-state index contributed by atoms with van der Waals surface area (Å²) in [5.74, 6) is 1.03. The second-order valence-electron chi connectivity index (χ2n) is 6.21. The standard InChI is InChI=1S/C21H26ClNO2/c1-4-23(16(2)14-18-8-11-20(25-3)12-9-18)21(24)13-10-17-6-5-7-19(22)15-17/h5-9,11-12,15-16H,4,10,13-14H2,1-3H3. The molecule has 0 radical (unpaired) electrons. The van der Waals surface area contributed by atoms with Gasteiger partial charge in [0, 0.05) is 24.0 Å². The van der Waals surface area contributed by atoms with E-state index in [1.807, 2.05) is 48.2 Å². The van der Waals surface area contributed by atoms with Crippen LogP contribution in [-0.2, 0) is 17.6 Å². The van der Waals surface area contributed by atoms with Gasteiger partial charge in [0.1, 0.15) is 5.75 Å². The van der Waals surface area contributed by atoms with Crippen molar-refractivity contribution in [2.75, 3.05) is 13.7 Å². The van der Waals surface area contributed by atoms with Gasteiger partial charge in [-0.2, -0.15) is 0 Å². The molecule has 0 N–H and O–H groups in total. The quantitative estimate of drug-likeness (QED) is 0.680. The molecule has 0 aliphatic rings. The number of rotatable bonds is 8. The molecular formula is C21H26ClNO2. The number of nitrogens with zero attached hydrogens (tertiary/aromatic N) is 1. The van der Waals surface area contributed by atoms with E-state index in [1.54, 1.807) is 7.11 Å². The molecule has 0 aliphatic heterocycles. The smallest absolute Gasteiger partial charge is 0.223 e. The van der Waals surface area contributed by atoms with Crippen LogP contribution in [-0.4, -0.2) is 30.5 Å². The van der Waals surface area contributed by atoms with E-state index in [4.69, 9.17) is 16.3 Å². The fourth-order valence-corrected chi connectivity index (χ4v) is 3.25. The Balaban J connectivity index is 1.93. The lowest BCUT2D eigenvalue weighted by Crippen LogP contribution is -2.39. The van der Waals surface area contributed by atoms with Gasteiger partial charge in [-0.25, -0.2) is 0 Å². The summed E-state index contributed by atoms with van der Waals surface area (Å²) in [6, 6.07) is 15.9. The van der Waals surface area contributed by atoms with Crippen LogP contribution in [0.4, 0.5) is 0 Å². The van der Waals surface area contributed by atoms with Crippen LogP contribution in [0.25, 0.3) is 0 Å². The fourth-order valence-electron chi connectivity index (χ4n) is 3.03. The van der Waals surface area contributed by atoms with Gasteiger partial charge in [-0.05, 0) is 62.1 Å². The van der Waals surface area contributed by atoms with Crippen molar-refractivity contribution in [1.29, 1.82) is 0 Å². The molecular weight excluding hydrogens is 334 g/mol. The summed E-state index contributed by atoms with van der Waals surface area (Å²) in [7, 11) is 1.66. The predicted molar refractivity (Wildman–Crippen MR) is 103 cm³/mol. The van der Waals surface area contributed by atoms with Crippen molar-refractivity contribution in [2.45, 2.75) is 39.2 Å². The zero-order chi connectivity index (χ0) is 18.2. The van der Waals surface area contributed by atoms with Crippen molar-refractivity contribution in [1.82, 2.24) is 4.90 Å². The van der Waals surface area contributed by atoms with Crippen LogP contribution in [0.2, 0.25) is 5.02 Å². The third-order valence-electron chi connectivity index (χ3n) is 4.40. The number of halogens is 1. The summed E-state index contributed by atoms with van der Waals surface area (Å²) < 4.78 is 5.19. The van der Waals surface area contributed by atoms with Crippen molar-refractivity contribution < 1.29 is 9.53 Å². The van der Waals surface area contributed by atoms with E-state index in [0.29, 0.717) is 24.4 Å². The minimum atomic E-state index is 0.158. The van der Waals surface area contributed by atoms with E-state index in [9.17, 15) is 4.79 Å². The van der Waals surface area contributed by atoms with E-state index in [0.717, 1.165) is 17.7 Å². The van der Waals surface area contributed by atoms with E-state index in [2.05, 4.69) is 19.1 Å². The maximum absolute atomic E-state index is 12.6. The lowest BCUT2D eigenvalue weighted by atomic mass is 10.0. The fraction of sp³-hybridized carbons (Fsp3) is 0.381. The number of carbonyl (C=O) groups excluding carboxylic acids is 1. The molecule has 2 aromatic rings. The number of benzene rings is 2. The van der Waals surface area contributed by atoms with Crippen molar-refractivity contribution in [2.24, 2.45) is 0 Å². The molecule has 0 bridgehead atoms. The third kappa shape index (κ3) is 5.79. The molecule has 1 amide bonds.